The maximum absolute atomic E-state index is 12.0. The van der Waals surface area contributed by atoms with Crippen LogP contribution in [0.25, 0.3) is 0 Å². The number of benzene rings is 1. The summed E-state index contributed by atoms with van der Waals surface area (Å²) in [5.74, 6) is 0.981. The van der Waals surface area contributed by atoms with Gasteiger partial charge in [-0.2, -0.15) is 0 Å². The largest absolute Gasteiger partial charge is 0.387 e. The summed E-state index contributed by atoms with van der Waals surface area (Å²) in [4.78, 5) is 12.0. The highest BCUT2D eigenvalue weighted by molar-refractivity contribution is 5.78. The molecule has 0 aromatic heterocycles. The molecule has 1 aliphatic carbocycles. The van der Waals surface area contributed by atoms with Gasteiger partial charge in [-0.25, -0.2) is 0 Å². The first-order chi connectivity index (χ1) is 10.7. The molecular formula is C19H29NO2. The number of Topliss-reactive ketones (excluding diaryl/α,β-unsaturated/α-hetero) is 1. The van der Waals surface area contributed by atoms with Gasteiger partial charge in [-0.1, -0.05) is 62.4 Å². The molecule has 1 aromatic rings. The number of hydrogen-bond donors (Lipinski definition) is 2. The zero-order valence-corrected chi connectivity index (χ0v) is 13.6. The molecule has 2 unspecified atom stereocenters. The van der Waals surface area contributed by atoms with Crippen molar-refractivity contribution in [3.8, 4) is 0 Å². The molecule has 0 aliphatic heterocycles. The van der Waals surface area contributed by atoms with Crippen LogP contribution in [0.2, 0.25) is 0 Å². The molecule has 2 atom stereocenters. The lowest BCUT2D eigenvalue weighted by atomic mass is 9.85. The van der Waals surface area contributed by atoms with Gasteiger partial charge in [0.25, 0.3) is 0 Å². The Hall–Kier alpha value is -1.19. The fourth-order valence-corrected chi connectivity index (χ4v) is 3.31. The average molecular weight is 303 g/mol. The summed E-state index contributed by atoms with van der Waals surface area (Å²) >= 11 is 0. The first-order valence-corrected chi connectivity index (χ1v) is 8.65. The predicted molar refractivity (Wildman–Crippen MR) is 89.7 cm³/mol. The Morgan fingerprint density at radius 3 is 2.59 bits per heavy atom. The Labute approximate surface area is 134 Å². The quantitative estimate of drug-likeness (QED) is 0.771. The van der Waals surface area contributed by atoms with Crippen LogP contribution in [-0.2, 0) is 4.79 Å². The molecule has 3 nitrogen and oxygen atoms in total. The SMILES string of the molecule is CC(NCCC(=O)CC1CCCCC1)C(O)c1ccccc1. The topological polar surface area (TPSA) is 49.3 Å². The molecular weight excluding hydrogens is 274 g/mol. The van der Waals surface area contributed by atoms with E-state index in [-0.39, 0.29) is 6.04 Å². The summed E-state index contributed by atoms with van der Waals surface area (Å²) in [6.45, 7) is 2.61. The molecule has 1 aromatic carbocycles. The van der Waals surface area contributed by atoms with E-state index in [1.165, 1.54) is 32.1 Å². The molecule has 0 radical (unpaired) electrons. The van der Waals surface area contributed by atoms with Gasteiger partial charge >= 0.3 is 0 Å². The number of rotatable bonds is 8. The second-order valence-corrected chi connectivity index (χ2v) is 6.60. The Kier molecular flexibility index (Phi) is 7.07. The number of hydrogen-bond acceptors (Lipinski definition) is 3. The van der Waals surface area contributed by atoms with Gasteiger partial charge in [0.2, 0.25) is 0 Å². The van der Waals surface area contributed by atoms with Crippen LogP contribution in [-0.4, -0.2) is 23.5 Å². The van der Waals surface area contributed by atoms with Crippen LogP contribution in [0.1, 0.15) is 63.5 Å². The van der Waals surface area contributed by atoms with Gasteiger partial charge in [0.05, 0.1) is 6.10 Å². The number of carbonyl (C=O) groups excluding carboxylic acids is 1. The van der Waals surface area contributed by atoms with Crippen LogP contribution in [0, 0.1) is 5.92 Å². The molecule has 2 rings (SSSR count). The second kappa shape index (κ2) is 9.06. The number of ketones is 1. The van der Waals surface area contributed by atoms with E-state index in [9.17, 15) is 9.90 Å². The molecule has 0 amide bonds. The van der Waals surface area contributed by atoms with Crippen molar-refractivity contribution >= 4 is 5.78 Å². The summed E-state index contributed by atoms with van der Waals surface area (Å²) < 4.78 is 0. The Morgan fingerprint density at radius 2 is 1.91 bits per heavy atom. The molecule has 0 saturated heterocycles. The fraction of sp³-hybridized carbons (Fsp3) is 0.632. The molecule has 22 heavy (non-hydrogen) atoms. The third kappa shape index (κ3) is 5.54. The third-order valence-electron chi connectivity index (χ3n) is 4.73. The standard InChI is InChI=1S/C19H29NO2/c1-15(19(22)17-10-6-3-7-11-17)20-13-12-18(21)14-16-8-4-2-5-9-16/h3,6-7,10-11,15-16,19-20,22H,2,4-5,8-9,12-14H2,1H3. The van der Waals surface area contributed by atoms with E-state index < -0.39 is 6.10 Å². The minimum absolute atomic E-state index is 0.0510. The number of aliphatic hydroxyl groups is 1. The van der Waals surface area contributed by atoms with Gasteiger partial charge in [0, 0.05) is 25.4 Å². The van der Waals surface area contributed by atoms with Gasteiger partial charge in [-0.05, 0) is 18.4 Å². The van der Waals surface area contributed by atoms with E-state index in [1.807, 2.05) is 37.3 Å². The van der Waals surface area contributed by atoms with Crippen molar-refractivity contribution in [2.45, 2.75) is 64.0 Å². The van der Waals surface area contributed by atoms with E-state index in [0.717, 1.165) is 12.0 Å². The molecule has 1 aliphatic rings. The van der Waals surface area contributed by atoms with Crippen LogP contribution >= 0.6 is 0 Å². The monoisotopic (exact) mass is 303 g/mol. The van der Waals surface area contributed by atoms with Crippen LogP contribution in [0.5, 0.6) is 0 Å². The highest BCUT2D eigenvalue weighted by Crippen LogP contribution is 2.26. The van der Waals surface area contributed by atoms with E-state index in [1.54, 1.807) is 0 Å². The van der Waals surface area contributed by atoms with E-state index in [4.69, 9.17) is 0 Å². The van der Waals surface area contributed by atoms with Crippen molar-refractivity contribution in [2.75, 3.05) is 6.54 Å². The summed E-state index contributed by atoms with van der Waals surface area (Å²) in [5.41, 5.74) is 0.913. The minimum Gasteiger partial charge on any atom is -0.387 e. The van der Waals surface area contributed by atoms with E-state index in [0.29, 0.717) is 24.7 Å². The van der Waals surface area contributed by atoms with E-state index in [2.05, 4.69) is 5.32 Å². The first-order valence-electron chi connectivity index (χ1n) is 8.65. The molecule has 1 saturated carbocycles. The van der Waals surface area contributed by atoms with Gasteiger partial charge < -0.3 is 10.4 Å². The van der Waals surface area contributed by atoms with Crippen LogP contribution in [0.3, 0.4) is 0 Å². The van der Waals surface area contributed by atoms with Crippen molar-refractivity contribution in [3.05, 3.63) is 35.9 Å². The van der Waals surface area contributed by atoms with Gasteiger partial charge in [0.1, 0.15) is 5.78 Å². The maximum atomic E-state index is 12.0. The summed E-state index contributed by atoms with van der Waals surface area (Å²) in [5, 5.41) is 13.5. The average Bonchev–Trinajstić information content (AvgIpc) is 2.55. The molecule has 2 N–H and O–H groups in total. The Bertz CT molecular complexity index is 440. The maximum Gasteiger partial charge on any atom is 0.134 e. The lowest BCUT2D eigenvalue weighted by Gasteiger charge is -2.22. The second-order valence-electron chi connectivity index (χ2n) is 6.60. The third-order valence-corrected chi connectivity index (χ3v) is 4.73. The van der Waals surface area contributed by atoms with Crippen molar-refractivity contribution in [2.24, 2.45) is 5.92 Å². The fourth-order valence-electron chi connectivity index (χ4n) is 3.31. The zero-order chi connectivity index (χ0) is 15.8. The number of nitrogens with one attached hydrogen (secondary N) is 1. The lowest BCUT2D eigenvalue weighted by molar-refractivity contribution is -0.120. The molecule has 0 spiro atoms. The lowest BCUT2D eigenvalue weighted by Crippen LogP contribution is -2.33. The highest BCUT2D eigenvalue weighted by Gasteiger charge is 2.18. The van der Waals surface area contributed by atoms with Crippen LogP contribution in [0.15, 0.2) is 30.3 Å². The van der Waals surface area contributed by atoms with Crippen molar-refractivity contribution in [1.29, 1.82) is 0 Å². The van der Waals surface area contributed by atoms with Crippen molar-refractivity contribution < 1.29 is 9.90 Å². The van der Waals surface area contributed by atoms with Crippen molar-refractivity contribution in [1.82, 2.24) is 5.32 Å². The zero-order valence-electron chi connectivity index (χ0n) is 13.6. The molecule has 1 fully saturated rings. The number of carbonyl (C=O) groups is 1. The highest BCUT2D eigenvalue weighted by atomic mass is 16.3. The summed E-state index contributed by atoms with van der Waals surface area (Å²) in [7, 11) is 0. The first kappa shape index (κ1) is 17.2. The smallest absolute Gasteiger partial charge is 0.134 e. The molecule has 3 heteroatoms. The van der Waals surface area contributed by atoms with Gasteiger partial charge in [0.15, 0.2) is 0 Å². The van der Waals surface area contributed by atoms with E-state index >= 15 is 0 Å². The molecule has 0 heterocycles. The predicted octanol–water partition coefficient (Wildman–Crippen LogP) is 3.63. The van der Waals surface area contributed by atoms with Crippen LogP contribution < -0.4 is 5.32 Å². The van der Waals surface area contributed by atoms with Crippen LogP contribution in [0.4, 0.5) is 0 Å². The normalized spacial score (nSPS) is 18.8. The molecule has 122 valence electrons. The number of aliphatic hydroxyl groups excluding tert-OH is 1. The Balaban J connectivity index is 1.65. The minimum atomic E-state index is -0.533. The van der Waals surface area contributed by atoms with Gasteiger partial charge in [-0.3, -0.25) is 4.79 Å². The van der Waals surface area contributed by atoms with Gasteiger partial charge in [-0.15, -0.1) is 0 Å². The molecule has 0 bridgehead atoms. The Morgan fingerprint density at radius 1 is 1.23 bits per heavy atom. The van der Waals surface area contributed by atoms with Crippen molar-refractivity contribution in [3.63, 3.8) is 0 Å². The summed E-state index contributed by atoms with van der Waals surface area (Å²) in [6.07, 6.45) is 7.15. The summed E-state index contributed by atoms with van der Waals surface area (Å²) in [6, 6.07) is 9.61.